The fourth-order valence-electron chi connectivity index (χ4n) is 1.77. The normalized spacial score (nSPS) is 10.6. The van der Waals surface area contributed by atoms with Gasteiger partial charge in [0.1, 0.15) is 0 Å². The van der Waals surface area contributed by atoms with Gasteiger partial charge in [-0.15, -0.1) is 11.3 Å². The third-order valence-electron chi connectivity index (χ3n) is 3.02. The topological polar surface area (TPSA) is 46.3 Å². The van der Waals surface area contributed by atoms with E-state index in [1.165, 1.54) is 11.3 Å². The minimum absolute atomic E-state index is 0.140. The summed E-state index contributed by atoms with van der Waals surface area (Å²) in [6.07, 6.45) is 4.35. The number of carbonyl (C=O) groups is 1. The first-order valence-corrected chi connectivity index (χ1v) is 7.57. The van der Waals surface area contributed by atoms with Gasteiger partial charge in [-0.3, -0.25) is 4.79 Å². The molecule has 1 aromatic heterocycles. The van der Waals surface area contributed by atoms with Gasteiger partial charge in [-0.25, -0.2) is 0 Å². The van der Waals surface area contributed by atoms with Crippen LogP contribution in [-0.4, -0.2) is 23.9 Å². The molecule has 0 aliphatic carbocycles. The highest BCUT2D eigenvalue weighted by molar-refractivity contribution is 7.14. The van der Waals surface area contributed by atoms with Crippen molar-refractivity contribution < 1.29 is 4.79 Å². The lowest BCUT2D eigenvalue weighted by Crippen LogP contribution is -2.32. The molecule has 18 heavy (non-hydrogen) atoms. The molecule has 0 fully saturated rings. The Morgan fingerprint density at radius 1 is 1.28 bits per heavy atom. The summed E-state index contributed by atoms with van der Waals surface area (Å²) < 4.78 is 0. The molecule has 0 saturated carbocycles. The number of hydrogen-bond donors (Lipinski definition) is 1. The van der Waals surface area contributed by atoms with E-state index in [4.69, 9.17) is 5.73 Å². The van der Waals surface area contributed by atoms with Crippen LogP contribution in [0.1, 0.15) is 54.1 Å². The monoisotopic (exact) mass is 268 g/mol. The van der Waals surface area contributed by atoms with Crippen LogP contribution in [0.3, 0.4) is 0 Å². The van der Waals surface area contributed by atoms with Crippen LogP contribution in [0.25, 0.3) is 0 Å². The minimum atomic E-state index is 0.140. The van der Waals surface area contributed by atoms with E-state index in [2.05, 4.69) is 13.8 Å². The Hall–Kier alpha value is -1.03. The third-order valence-corrected chi connectivity index (χ3v) is 4.07. The molecular weight excluding hydrogens is 244 g/mol. The summed E-state index contributed by atoms with van der Waals surface area (Å²) in [4.78, 5) is 16.2. The second-order valence-electron chi connectivity index (χ2n) is 4.62. The molecule has 1 aromatic rings. The minimum Gasteiger partial charge on any atom is -0.398 e. The number of nitrogens with zero attached hydrogens (tertiary/aromatic N) is 1. The van der Waals surface area contributed by atoms with Crippen molar-refractivity contribution in [1.82, 2.24) is 4.90 Å². The van der Waals surface area contributed by atoms with E-state index in [-0.39, 0.29) is 5.91 Å². The highest BCUT2D eigenvalue weighted by atomic mass is 32.1. The highest BCUT2D eigenvalue weighted by Gasteiger charge is 2.17. The summed E-state index contributed by atoms with van der Waals surface area (Å²) in [6.45, 7) is 7.96. The van der Waals surface area contributed by atoms with Crippen LogP contribution in [0.2, 0.25) is 0 Å². The van der Waals surface area contributed by atoms with E-state index in [1.807, 2.05) is 17.9 Å². The van der Waals surface area contributed by atoms with Crippen LogP contribution >= 0.6 is 11.3 Å². The fraction of sp³-hybridized carbons (Fsp3) is 0.643. The molecule has 0 aromatic carbocycles. The molecule has 0 aliphatic heterocycles. The van der Waals surface area contributed by atoms with E-state index < -0.39 is 0 Å². The van der Waals surface area contributed by atoms with Crippen LogP contribution in [0.4, 0.5) is 5.69 Å². The third kappa shape index (κ3) is 4.02. The van der Waals surface area contributed by atoms with Gasteiger partial charge < -0.3 is 10.6 Å². The summed E-state index contributed by atoms with van der Waals surface area (Å²) in [5, 5.41) is 0. The standard InChI is InChI=1S/C14H24N2OS/c1-4-6-8-16(9-7-5-2)14(17)13-10-12(15)11(3)18-13/h10H,4-9,15H2,1-3H3. The van der Waals surface area contributed by atoms with Gasteiger partial charge in [0.2, 0.25) is 0 Å². The first-order valence-electron chi connectivity index (χ1n) is 6.75. The molecule has 2 N–H and O–H groups in total. The molecular formula is C14H24N2OS. The number of carbonyl (C=O) groups excluding carboxylic acids is 1. The SMILES string of the molecule is CCCCN(CCCC)C(=O)c1cc(N)c(C)s1. The summed E-state index contributed by atoms with van der Waals surface area (Å²) in [6, 6.07) is 1.81. The number of unbranched alkanes of at least 4 members (excludes halogenated alkanes) is 2. The molecule has 0 atom stereocenters. The van der Waals surface area contributed by atoms with E-state index >= 15 is 0 Å². The average Bonchev–Trinajstić information content (AvgIpc) is 2.69. The maximum Gasteiger partial charge on any atom is 0.264 e. The van der Waals surface area contributed by atoms with Crippen LogP contribution in [0.5, 0.6) is 0 Å². The molecule has 0 unspecified atom stereocenters. The van der Waals surface area contributed by atoms with Crippen molar-refractivity contribution >= 4 is 22.9 Å². The molecule has 0 aliphatic rings. The average molecular weight is 268 g/mol. The number of nitrogen functional groups attached to an aromatic ring is 1. The predicted molar refractivity (Wildman–Crippen MR) is 79.2 cm³/mol. The van der Waals surface area contributed by atoms with Gasteiger partial charge in [-0.05, 0) is 25.8 Å². The first kappa shape index (κ1) is 15.0. The van der Waals surface area contributed by atoms with Crippen LogP contribution in [0.15, 0.2) is 6.07 Å². The largest absolute Gasteiger partial charge is 0.398 e. The van der Waals surface area contributed by atoms with Crippen molar-refractivity contribution in [3.05, 3.63) is 15.8 Å². The zero-order valence-corrected chi connectivity index (χ0v) is 12.5. The number of amides is 1. The molecule has 102 valence electrons. The molecule has 1 amide bonds. The van der Waals surface area contributed by atoms with E-state index in [0.29, 0.717) is 0 Å². The molecule has 3 nitrogen and oxygen atoms in total. The highest BCUT2D eigenvalue weighted by Crippen LogP contribution is 2.24. The van der Waals surface area contributed by atoms with Gasteiger partial charge in [0.25, 0.3) is 5.91 Å². The van der Waals surface area contributed by atoms with Crippen LogP contribution in [0, 0.1) is 6.92 Å². The van der Waals surface area contributed by atoms with Crippen molar-refractivity contribution in [2.75, 3.05) is 18.8 Å². The summed E-state index contributed by atoms with van der Waals surface area (Å²) >= 11 is 1.50. The second kappa shape index (κ2) is 7.41. The van der Waals surface area contributed by atoms with Crippen molar-refractivity contribution in [2.45, 2.75) is 46.5 Å². The van der Waals surface area contributed by atoms with E-state index in [1.54, 1.807) is 0 Å². The molecule has 0 spiro atoms. The summed E-state index contributed by atoms with van der Waals surface area (Å²) in [5.74, 6) is 0.140. The smallest absolute Gasteiger partial charge is 0.264 e. The molecule has 0 bridgehead atoms. The van der Waals surface area contributed by atoms with Gasteiger partial charge in [-0.1, -0.05) is 26.7 Å². The molecule has 1 rings (SSSR count). The summed E-state index contributed by atoms with van der Waals surface area (Å²) in [7, 11) is 0. The first-order chi connectivity index (χ1) is 8.60. The Balaban J connectivity index is 2.73. The summed E-state index contributed by atoms with van der Waals surface area (Å²) in [5.41, 5.74) is 6.55. The lowest BCUT2D eigenvalue weighted by molar-refractivity contribution is 0.0756. The molecule has 0 radical (unpaired) electrons. The number of rotatable bonds is 7. The van der Waals surface area contributed by atoms with Crippen LogP contribution < -0.4 is 5.73 Å². The van der Waals surface area contributed by atoms with Gasteiger partial charge in [0.05, 0.1) is 4.88 Å². The van der Waals surface area contributed by atoms with E-state index in [0.717, 1.165) is 54.2 Å². The van der Waals surface area contributed by atoms with Crippen molar-refractivity contribution in [3.63, 3.8) is 0 Å². The van der Waals surface area contributed by atoms with Gasteiger partial charge in [0, 0.05) is 23.7 Å². The Morgan fingerprint density at radius 2 is 1.83 bits per heavy atom. The van der Waals surface area contributed by atoms with Gasteiger partial charge >= 0.3 is 0 Å². The Bertz CT molecular complexity index is 360. The van der Waals surface area contributed by atoms with Gasteiger partial charge in [-0.2, -0.15) is 0 Å². The quantitative estimate of drug-likeness (QED) is 0.820. The Morgan fingerprint density at radius 3 is 2.22 bits per heavy atom. The molecule has 1 heterocycles. The second-order valence-corrected chi connectivity index (χ2v) is 5.88. The van der Waals surface area contributed by atoms with Crippen molar-refractivity contribution in [3.8, 4) is 0 Å². The zero-order valence-electron chi connectivity index (χ0n) is 11.7. The van der Waals surface area contributed by atoms with E-state index in [9.17, 15) is 4.79 Å². The molecule has 0 saturated heterocycles. The van der Waals surface area contributed by atoms with Crippen LogP contribution in [-0.2, 0) is 0 Å². The predicted octanol–water partition coefficient (Wildman–Crippen LogP) is 3.68. The number of hydrogen-bond acceptors (Lipinski definition) is 3. The van der Waals surface area contributed by atoms with Gasteiger partial charge in [0.15, 0.2) is 0 Å². The zero-order chi connectivity index (χ0) is 13.5. The maximum absolute atomic E-state index is 12.4. The number of nitrogens with two attached hydrogens (primary N) is 1. The number of aryl methyl sites for hydroxylation is 1. The maximum atomic E-state index is 12.4. The Labute approximate surface area is 114 Å². The van der Waals surface area contributed by atoms with Crippen molar-refractivity contribution in [1.29, 1.82) is 0 Å². The lowest BCUT2D eigenvalue weighted by Gasteiger charge is -2.21. The number of anilines is 1. The fourth-order valence-corrected chi connectivity index (χ4v) is 2.68. The lowest BCUT2D eigenvalue weighted by atomic mass is 10.2. The van der Waals surface area contributed by atoms with Crippen molar-refractivity contribution in [2.24, 2.45) is 0 Å². The Kier molecular flexibility index (Phi) is 6.19. The molecule has 4 heteroatoms. The number of thiophene rings is 1.